The fourth-order valence-corrected chi connectivity index (χ4v) is 8.11. The van der Waals surface area contributed by atoms with Gasteiger partial charge in [0.15, 0.2) is 5.82 Å². The Hall–Kier alpha value is -7.49. The van der Waals surface area contributed by atoms with Crippen LogP contribution in [-0.4, -0.2) is 15.0 Å². The van der Waals surface area contributed by atoms with Crippen LogP contribution in [0, 0.1) is 0 Å². The first-order valence-corrected chi connectivity index (χ1v) is 19.7. The number of rotatable bonds is 9. The molecule has 6 aromatic carbocycles. The van der Waals surface area contributed by atoms with Gasteiger partial charge in [-0.1, -0.05) is 177 Å². The molecule has 0 saturated heterocycles. The van der Waals surface area contributed by atoms with Gasteiger partial charge in [0.25, 0.3) is 0 Å². The summed E-state index contributed by atoms with van der Waals surface area (Å²) in [6, 6.07) is 47.3. The molecule has 8 aromatic rings. The Morgan fingerprint density at radius 2 is 1.41 bits per heavy atom. The molecule has 0 fully saturated rings. The van der Waals surface area contributed by atoms with Crippen molar-refractivity contribution in [3.63, 3.8) is 0 Å². The standard InChI is InChI=1S/C55H41N3/c1-3-18-46(40-19-6-5-7-20-40)54-50-31-12-10-29-48(50)53(49-30-11-13-32-51(49)54)41-24-14-25-42(35-41)55-57-44(27-15-22-38(4-2)43-26-17-34-56-37-43)36-52(58-55)47-33-16-23-39-21-8-9-28-45(39)47/h3-19,21-37H,2,20H2,1H3/b18-3-,27-15+,38-22+,46-40+. The van der Waals surface area contributed by atoms with Crippen molar-refractivity contribution in [2.45, 2.75) is 13.3 Å². The van der Waals surface area contributed by atoms with Gasteiger partial charge in [0.1, 0.15) is 0 Å². The van der Waals surface area contributed by atoms with E-state index < -0.39 is 0 Å². The molecule has 3 heteroatoms. The maximum absolute atomic E-state index is 5.29. The average molecular weight is 744 g/mol. The van der Waals surface area contributed by atoms with Crippen LogP contribution in [0.15, 0.2) is 213 Å². The van der Waals surface area contributed by atoms with E-state index in [9.17, 15) is 0 Å². The lowest BCUT2D eigenvalue weighted by Crippen LogP contribution is -1.97. The minimum Gasteiger partial charge on any atom is -0.264 e. The highest BCUT2D eigenvalue weighted by molar-refractivity contribution is 6.20. The van der Waals surface area contributed by atoms with Gasteiger partial charge >= 0.3 is 0 Å². The summed E-state index contributed by atoms with van der Waals surface area (Å²) in [5.74, 6) is 0.662. The van der Waals surface area contributed by atoms with Gasteiger partial charge < -0.3 is 0 Å². The van der Waals surface area contributed by atoms with Gasteiger partial charge in [0.2, 0.25) is 0 Å². The first-order valence-electron chi connectivity index (χ1n) is 19.7. The van der Waals surface area contributed by atoms with Crippen LogP contribution >= 0.6 is 0 Å². The predicted molar refractivity (Wildman–Crippen MR) is 247 cm³/mol. The molecule has 0 saturated carbocycles. The Labute approximate surface area is 339 Å². The van der Waals surface area contributed by atoms with Gasteiger partial charge in [-0.05, 0) is 109 Å². The number of aromatic nitrogens is 3. The van der Waals surface area contributed by atoms with Crippen molar-refractivity contribution < 1.29 is 0 Å². The number of hydrogen-bond donors (Lipinski definition) is 0. The van der Waals surface area contributed by atoms with E-state index in [0.717, 1.165) is 51.0 Å². The van der Waals surface area contributed by atoms with Gasteiger partial charge in [-0.2, -0.15) is 0 Å². The Bertz CT molecular complexity index is 2980. The Balaban J connectivity index is 1.23. The zero-order valence-electron chi connectivity index (χ0n) is 32.4. The monoisotopic (exact) mass is 743 g/mol. The Kier molecular flexibility index (Phi) is 10.2. The molecule has 0 bridgehead atoms. The van der Waals surface area contributed by atoms with Crippen LogP contribution in [0.25, 0.3) is 83.3 Å². The summed E-state index contributed by atoms with van der Waals surface area (Å²) in [5.41, 5.74) is 11.8. The van der Waals surface area contributed by atoms with E-state index in [4.69, 9.17) is 9.97 Å². The molecule has 3 nitrogen and oxygen atoms in total. The lowest BCUT2D eigenvalue weighted by molar-refractivity contribution is 1.17. The summed E-state index contributed by atoms with van der Waals surface area (Å²) in [6.45, 7) is 6.15. The molecule has 58 heavy (non-hydrogen) atoms. The van der Waals surface area contributed by atoms with Crippen molar-refractivity contribution >= 4 is 49.5 Å². The normalized spacial score (nSPS) is 14.0. The first kappa shape index (κ1) is 36.2. The zero-order chi connectivity index (χ0) is 39.3. The van der Waals surface area contributed by atoms with Gasteiger partial charge in [-0.3, -0.25) is 4.98 Å². The van der Waals surface area contributed by atoms with Crippen LogP contribution < -0.4 is 0 Å². The molecule has 2 heterocycles. The van der Waals surface area contributed by atoms with Crippen LogP contribution in [-0.2, 0) is 0 Å². The van der Waals surface area contributed by atoms with Gasteiger partial charge in [0, 0.05) is 23.5 Å². The van der Waals surface area contributed by atoms with E-state index in [1.54, 1.807) is 6.20 Å². The molecule has 0 aliphatic heterocycles. The van der Waals surface area contributed by atoms with Crippen LogP contribution in [0.1, 0.15) is 30.2 Å². The topological polar surface area (TPSA) is 38.7 Å². The number of pyridine rings is 1. The molecule has 9 rings (SSSR count). The van der Waals surface area contributed by atoms with E-state index in [1.807, 2.05) is 42.6 Å². The molecule has 1 aliphatic carbocycles. The number of hydrogen-bond acceptors (Lipinski definition) is 3. The van der Waals surface area contributed by atoms with Crippen LogP contribution in [0.3, 0.4) is 0 Å². The van der Waals surface area contributed by atoms with Crippen LogP contribution in [0.4, 0.5) is 0 Å². The quantitative estimate of drug-likeness (QED) is 0.109. The third-order valence-electron chi connectivity index (χ3n) is 10.7. The van der Waals surface area contributed by atoms with E-state index in [1.165, 1.54) is 49.2 Å². The molecule has 0 spiro atoms. The molecular formula is C55H41N3. The van der Waals surface area contributed by atoms with Gasteiger partial charge in [-0.15, -0.1) is 0 Å². The summed E-state index contributed by atoms with van der Waals surface area (Å²) in [7, 11) is 0. The lowest BCUT2D eigenvalue weighted by Gasteiger charge is -2.20. The lowest BCUT2D eigenvalue weighted by atomic mass is 9.83. The van der Waals surface area contributed by atoms with Crippen molar-refractivity contribution in [3.05, 3.63) is 230 Å². The second-order valence-electron chi connectivity index (χ2n) is 14.3. The van der Waals surface area contributed by atoms with E-state index in [0.29, 0.717) is 5.82 Å². The average Bonchev–Trinajstić information content (AvgIpc) is 3.29. The molecule has 0 N–H and O–H groups in total. The third-order valence-corrected chi connectivity index (χ3v) is 10.7. The van der Waals surface area contributed by atoms with Crippen molar-refractivity contribution in [2.75, 3.05) is 0 Å². The largest absolute Gasteiger partial charge is 0.264 e. The number of nitrogens with zero attached hydrogens (tertiary/aromatic N) is 3. The first-order chi connectivity index (χ1) is 28.7. The number of fused-ring (bicyclic) bond motifs is 3. The van der Waals surface area contributed by atoms with Crippen molar-refractivity contribution in [1.29, 1.82) is 0 Å². The highest BCUT2D eigenvalue weighted by Crippen LogP contribution is 2.44. The summed E-state index contributed by atoms with van der Waals surface area (Å²) in [4.78, 5) is 14.8. The predicted octanol–water partition coefficient (Wildman–Crippen LogP) is 14.5. The fraction of sp³-hybridized carbons (Fsp3) is 0.0364. The van der Waals surface area contributed by atoms with Crippen molar-refractivity contribution in [3.8, 4) is 33.8 Å². The molecule has 0 amide bonds. The summed E-state index contributed by atoms with van der Waals surface area (Å²) >= 11 is 0. The number of allylic oxidation sites excluding steroid dienone is 12. The number of benzene rings is 6. The van der Waals surface area contributed by atoms with Gasteiger partial charge in [0.05, 0.1) is 11.4 Å². The molecule has 1 aliphatic rings. The third kappa shape index (κ3) is 7.06. The maximum Gasteiger partial charge on any atom is 0.160 e. The molecule has 2 aromatic heterocycles. The highest BCUT2D eigenvalue weighted by Gasteiger charge is 2.19. The fourth-order valence-electron chi connectivity index (χ4n) is 8.11. The zero-order valence-corrected chi connectivity index (χ0v) is 32.4. The molecule has 0 unspecified atom stereocenters. The minimum absolute atomic E-state index is 0.662. The minimum atomic E-state index is 0.662. The van der Waals surface area contributed by atoms with Crippen molar-refractivity contribution in [1.82, 2.24) is 15.0 Å². The summed E-state index contributed by atoms with van der Waals surface area (Å²) < 4.78 is 0. The second-order valence-corrected chi connectivity index (χ2v) is 14.3. The SMILES string of the molecule is C=C/C(=C\C=C\c1cc(-c2cccc3ccccc23)nc(-c2cccc(-c3c4ccccc4c(C(/C=C\C)=C4\C=CC=CC4)c4ccccc34)c2)n1)c1cccnc1. The van der Waals surface area contributed by atoms with E-state index >= 15 is 0 Å². The Morgan fingerprint density at radius 3 is 2.14 bits per heavy atom. The molecule has 0 radical (unpaired) electrons. The molecule has 0 atom stereocenters. The summed E-state index contributed by atoms with van der Waals surface area (Å²) in [5, 5.41) is 7.18. The highest BCUT2D eigenvalue weighted by atomic mass is 14.9. The Morgan fingerprint density at radius 1 is 0.690 bits per heavy atom. The van der Waals surface area contributed by atoms with Gasteiger partial charge in [-0.25, -0.2) is 9.97 Å². The van der Waals surface area contributed by atoms with Crippen LogP contribution in [0.2, 0.25) is 0 Å². The molecular weight excluding hydrogens is 703 g/mol. The van der Waals surface area contributed by atoms with Crippen molar-refractivity contribution in [2.24, 2.45) is 0 Å². The van der Waals surface area contributed by atoms with Crippen LogP contribution in [0.5, 0.6) is 0 Å². The second kappa shape index (κ2) is 16.3. The maximum atomic E-state index is 5.29. The molecule has 276 valence electrons. The van der Waals surface area contributed by atoms with E-state index in [2.05, 4.69) is 176 Å². The summed E-state index contributed by atoms with van der Waals surface area (Å²) in [6.07, 6.45) is 25.7. The van der Waals surface area contributed by atoms with E-state index in [-0.39, 0.29) is 0 Å². The smallest absolute Gasteiger partial charge is 0.160 e.